The van der Waals surface area contributed by atoms with E-state index < -0.39 is 0 Å². The Bertz CT molecular complexity index is 933. The molecular formula is C19H17N5O. The van der Waals surface area contributed by atoms with Crippen molar-refractivity contribution in [3.05, 3.63) is 65.9 Å². The average Bonchev–Trinajstić information content (AvgIpc) is 2.61. The molecule has 1 heterocycles. The Hall–Kier alpha value is -3.59. The maximum Gasteiger partial charge on any atom is 0.229 e. The van der Waals surface area contributed by atoms with Crippen molar-refractivity contribution in [3.8, 4) is 11.8 Å². The molecule has 0 fully saturated rings. The van der Waals surface area contributed by atoms with Crippen molar-refractivity contribution in [3.63, 3.8) is 0 Å². The Balaban J connectivity index is 1.83. The molecule has 0 saturated carbocycles. The van der Waals surface area contributed by atoms with Crippen molar-refractivity contribution in [1.29, 1.82) is 5.26 Å². The van der Waals surface area contributed by atoms with Gasteiger partial charge in [-0.05, 0) is 37.3 Å². The van der Waals surface area contributed by atoms with Gasteiger partial charge < -0.3 is 15.4 Å². The number of nitriles is 1. The highest BCUT2D eigenvalue weighted by atomic mass is 16.5. The van der Waals surface area contributed by atoms with Gasteiger partial charge >= 0.3 is 0 Å². The molecule has 0 aliphatic heterocycles. The summed E-state index contributed by atoms with van der Waals surface area (Å²) in [5.74, 6) is 1.89. The Kier molecular flexibility index (Phi) is 4.77. The zero-order valence-corrected chi connectivity index (χ0v) is 13.9. The van der Waals surface area contributed by atoms with Crippen LogP contribution < -0.4 is 15.4 Å². The molecule has 124 valence electrons. The molecule has 0 atom stereocenters. The molecule has 3 rings (SSSR count). The molecule has 2 aromatic carbocycles. The molecule has 6 nitrogen and oxygen atoms in total. The summed E-state index contributed by atoms with van der Waals surface area (Å²) in [6.45, 7) is 1.90. The molecule has 1 aromatic heterocycles. The second-order valence-corrected chi connectivity index (χ2v) is 5.39. The summed E-state index contributed by atoms with van der Waals surface area (Å²) < 4.78 is 5.23. The van der Waals surface area contributed by atoms with Gasteiger partial charge in [0.25, 0.3) is 0 Å². The smallest absolute Gasteiger partial charge is 0.229 e. The molecule has 0 spiro atoms. The fourth-order valence-electron chi connectivity index (χ4n) is 2.33. The van der Waals surface area contributed by atoms with Gasteiger partial charge in [0.1, 0.15) is 11.6 Å². The first kappa shape index (κ1) is 16.3. The fourth-order valence-corrected chi connectivity index (χ4v) is 2.33. The number of anilines is 4. The highest BCUT2D eigenvalue weighted by molar-refractivity contribution is 5.62. The number of rotatable bonds is 5. The summed E-state index contributed by atoms with van der Waals surface area (Å²) in [5.41, 5.74) is 3.03. The molecule has 0 aliphatic carbocycles. The second-order valence-electron chi connectivity index (χ2n) is 5.39. The molecular weight excluding hydrogens is 314 g/mol. The number of nitrogens with zero attached hydrogens (tertiary/aromatic N) is 3. The maximum absolute atomic E-state index is 8.99. The van der Waals surface area contributed by atoms with Crippen LogP contribution in [0.4, 0.5) is 23.1 Å². The van der Waals surface area contributed by atoms with Gasteiger partial charge in [-0.25, -0.2) is 4.98 Å². The Morgan fingerprint density at radius 2 is 1.72 bits per heavy atom. The number of methoxy groups -OCH3 is 1. The molecule has 0 aliphatic rings. The van der Waals surface area contributed by atoms with Crippen LogP contribution in [0.3, 0.4) is 0 Å². The molecule has 0 radical (unpaired) electrons. The summed E-state index contributed by atoms with van der Waals surface area (Å²) in [7, 11) is 1.63. The lowest BCUT2D eigenvalue weighted by atomic mass is 10.2. The van der Waals surface area contributed by atoms with Crippen molar-refractivity contribution in [2.24, 2.45) is 0 Å². The van der Waals surface area contributed by atoms with Gasteiger partial charge in [-0.2, -0.15) is 10.2 Å². The molecule has 0 bridgehead atoms. The first-order chi connectivity index (χ1) is 12.2. The van der Waals surface area contributed by atoms with E-state index in [9.17, 15) is 0 Å². The number of benzene rings is 2. The lowest BCUT2D eigenvalue weighted by Crippen LogP contribution is -2.02. The Morgan fingerprint density at radius 1 is 0.960 bits per heavy atom. The van der Waals surface area contributed by atoms with Gasteiger partial charge in [0.2, 0.25) is 5.95 Å². The van der Waals surface area contributed by atoms with E-state index in [-0.39, 0.29) is 0 Å². The zero-order valence-electron chi connectivity index (χ0n) is 13.9. The molecule has 0 unspecified atom stereocenters. The third-order valence-corrected chi connectivity index (χ3v) is 3.44. The van der Waals surface area contributed by atoms with Crippen LogP contribution in [0.1, 0.15) is 11.3 Å². The van der Waals surface area contributed by atoms with Gasteiger partial charge in [-0.1, -0.05) is 12.1 Å². The van der Waals surface area contributed by atoms with Crippen LogP contribution in [0.5, 0.6) is 5.75 Å². The predicted octanol–water partition coefficient (Wildman–Crippen LogP) is 4.15. The SMILES string of the molecule is COc1cccc(Nc2cc(C)nc(Nc3cccc(C#N)c3)n2)c1. The Morgan fingerprint density at radius 3 is 2.48 bits per heavy atom. The normalized spacial score (nSPS) is 9.96. The summed E-state index contributed by atoms with van der Waals surface area (Å²) in [4.78, 5) is 8.87. The largest absolute Gasteiger partial charge is 0.497 e. The first-order valence-corrected chi connectivity index (χ1v) is 7.70. The number of ether oxygens (including phenoxy) is 1. The molecule has 0 saturated heterocycles. The van der Waals surface area contributed by atoms with Crippen LogP contribution in [0.2, 0.25) is 0 Å². The van der Waals surface area contributed by atoms with E-state index in [1.54, 1.807) is 19.2 Å². The number of nitrogens with one attached hydrogen (secondary N) is 2. The van der Waals surface area contributed by atoms with E-state index in [1.165, 1.54) is 0 Å². The first-order valence-electron chi connectivity index (χ1n) is 7.70. The number of aromatic nitrogens is 2. The zero-order chi connectivity index (χ0) is 17.6. The standard InChI is InChI=1S/C19H17N5O/c1-13-9-18(22-16-7-4-8-17(11-16)25-2)24-19(21-13)23-15-6-3-5-14(10-15)12-20/h3-11H,1-2H3,(H2,21,22,23,24). The molecule has 0 amide bonds. The lowest BCUT2D eigenvalue weighted by Gasteiger charge is -2.11. The quantitative estimate of drug-likeness (QED) is 0.730. The monoisotopic (exact) mass is 331 g/mol. The van der Waals surface area contributed by atoms with Crippen molar-refractivity contribution < 1.29 is 4.74 Å². The van der Waals surface area contributed by atoms with E-state index in [4.69, 9.17) is 10.00 Å². The fraction of sp³-hybridized carbons (Fsp3) is 0.105. The Labute approximate surface area is 146 Å². The van der Waals surface area contributed by atoms with Gasteiger partial charge in [-0.3, -0.25) is 0 Å². The van der Waals surface area contributed by atoms with Crippen LogP contribution >= 0.6 is 0 Å². The number of hydrogen-bond acceptors (Lipinski definition) is 6. The molecule has 6 heteroatoms. The molecule has 3 aromatic rings. The van der Waals surface area contributed by atoms with Crippen LogP contribution in [-0.4, -0.2) is 17.1 Å². The van der Waals surface area contributed by atoms with Gasteiger partial charge in [0.05, 0.1) is 18.7 Å². The van der Waals surface area contributed by atoms with Gasteiger partial charge in [0, 0.05) is 29.2 Å². The molecule has 2 N–H and O–H groups in total. The van der Waals surface area contributed by atoms with E-state index in [2.05, 4.69) is 26.7 Å². The third-order valence-electron chi connectivity index (χ3n) is 3.44. The minimum Gasteiger partial charge on any atom is -0.497 e. The average molecular weight is 331 g/mol. The minimum atomic E-state index is 0.459. The van der Waals surface area contributed by atoms with Crippen molar-refractivity contribution in [1.82, 2.24) is 9.97 Å². The summed E-state index contributed by atoms with van der Waals surface area (Å²) >= 11 is 0. The lowest BCUT2D eigenvalue weighted by molar-refractivity contribution is 0.415. The third kappa shape index (κ3) is 4.24. The van der Waals surface area contributed by atoms with Gasteiger partial charge in [0.15, 0.2) is 0 Å². The van der Waals surface area contributed by atoms with Crippen LogP contribution in [0.25, 0.3) is 0 Å². The summed E-state index contributed by atoms with van der Waals surface area (Å²) in [6.07, 6.45) is 0. The number of aryl methyl sites for hydroxylation is 1. The van der Waals surface area contributed by atoms with E-state index in [1.807, 2.05) is 49.4 Å². The summed E-state index contributed by atoms with van der Waals surface area (Å²) in [5, 5.41) is 15.4. The highest BCUT2D eigenvalue weighted by Crippen LogP contribution is 2.22. The van der Waals surface area contributed by atoms with Crippen molar-refractivity contribution in [2.75, 3.05) is 17.7 Å². The van der Waals surface area contributed by atoms with Crippen molar-refractivity contribution in [2.45, 2.75) is 6.92 Å². The highest BCUT2D eigenvalue weighted by Gasteiger charge is 2.05. The minimum absolute atomic E-state index is 0.459. The summed E-state index contributed by atoms with van der Waals surface area (Å²) in [6, 6.07) is 18.8. The second kappa shape index (κ2) is 7.32. The molecule has 25 heavy (non-hydrogen) atoms. The van der Waals surface area contributed by atoms with Crippen molar-refractivity contribution >= 4 is 23.1 Å². The van der Waals surface area contributed by atoms with Crippen LogP contribution in [-0.2, 0) is 0 Å². The van der Waals surface area contributed by atoms with Crippen LogP contribution in [0, 0.1) is 18.3 Å². The van der Waals surface area contributed by atoms with E-state index >= 15 is 0 Å². The maximum atomic E-state index is 8.99. The van der Waals surface area contributed by atoms with E-state index in [0.29, 0.717) is 17.3 Å². The number of hydrogen-bond donors (Lipinski definition) is 2. The topological polar surface area (TPSA) is 82.9 Å². The van der Waals surface area contributed by atoms with E-state index in [0.717, 1.165) is 22.8 Å². The van der Waals surface area contributed by atoms with Crippen LogP contribution in [0.15, 0.2) is 54.6 Å². The predicted molar refractivity (Wildman–Crippen MR) is 97.5 cm³/mol. The van der Waals surface area contributed by atoms with Gasteiger partial charge in [-0.15, -0.1) is 0 Å².